The number of hydrogen-bond acceptors (Lipinski definition) is 4. The minimum absolute atomic E-state index is 0.300. The quantitative estimate of drug-likeness (QED) is 0.815. The molecule has 6 nitrogen and oxygen atoms in total. The molecule has 29 heavy (non-hydrogen) atoms. The van der Waals surface area contributed by atoms with Gasteiger partial charge in [-0.15, -0.1) is 0 Å². The van der Waals surface area contributed by atoms with Crippen molar-refractivity contribution in [2.45, 2.75) is 45.6 Å². The predicted octanol–water partition coefficient (Wildman–Crippen LogP) is 3.17. The summed E-state index contributed by atoms with van der Waals surface area (Å²) in [5, 5.41) is 0. The number of amides is 1. The van der Waals surface area contributed by atoms with Gasteiger partial charge in [-0.3, -0.25) is 9.69 Å². The van der Waals surface area contributed by atoms with E-state index in [-0.39, 0.29) is 0 Å². The molecular formula is C23H32N4O2. The first kappa shape index (κ1) is 20.0. The van der Waals surface area contributed by atoms with Gasteiger partial charge in [0, 0.05) is 44.4 Å². The Hall–Kier alpha value is -2.34. The molecule has 2 aromatic rings. The minimum Gasteiger partial charge on any atom is -0.496 e. The number of rotatable bonds is 6. The lowest BCUT2D eigenvalue weighted by atomic mass is 9.72. The molecule has 6 heteroatoms. The van der Waals surface area contributed by atoms with Crippen LogP contribution in [0, 0.1) is 12.3 Å². The van der Waals surface area contributed by atoms with E-state index in [4.69, 9.17) is 4.74 Å². The van der Waals surface area contributed by atoms with Crippen molar-refractivity contribution in [3.8, 4) is 5.75 Å². The molecule has 1 amide bonds. The standard InChI is InChI=1S/C23H32N4O2/c1-18-13-19(3-4-21(18)29-2)15-26-11-8-23(9-12-26)7-5-22(28)27(16-23)10-6-20-14-24-17-25-20/h3-4,13-14,17H,5-12,15-16H2,1-2H3,(H,24,25). The van der Waals surface area contributed by atoms with Crippen LogP contribution in [0.5, 0.6) is 5.75 Å². The van der Waals surface area contributed by atoms with Crippen molar-refractivity contribution in [3.05, 3.63) is 47.5 Å². The van der Waals surface area contributed by atoms with Gasteiger partial charge in [0.25, 0.3) is 0 Å². The van der Waals surface area contributed by atoms with Crippen molar-refractivity contribution >= 4 is 5.91 Å². The number of piperidine rings is 2. The number of ether oxygens (including phenoxy) is 1. The number of carbonyl (C=O) groups is 1. The summed E-state index contributed by atoms with van der Waals surface area (Å²) in [6.45, 7) is 7.00. The number of hydrogen-bond donors (Lipinski definition) is 1. The van der Waals surface area contributed by atoms with Crippen LogP contribution in [0.1, 0.15) is 42.5 Å². The smallest absolute Gasteiger partial charge is 0.222 e. The predicted molar refractivity (Wildman–Crippen MR) is 113 cm³/mol. The maximum atomic E-state index is 12.4. The number of aromatic amines is 1. The molecule has 3 heterocycles. The molecule has 2 saturated heterocycles. The second-order valence-corrected chi connectivity index (χ2v) is 8.72. The van der Waals surface area contributed by atoms with Gasteiger partial charge in [-0.2, -0.15) is 0 Å². The minimum atomic E-state index is 0.300. The molecule has 0 radical (unpaired) electrons. The average Bonchev–Trinajstić information content (AvgIpc) is 3.25. The molecule has 0 saturated carbocycles. The third-order valence-electron chi connectivity index (χ3n) is 6.74. The summed E-state index contributed by atoms with van der Waals surface area (Å²) >= 11 is 0. The summed E-state index contributed by atoms with van der Waals surface area (Å²) < 4.78 is 5.38. The molecule has 156 valence electrons. The summed E-state index contributed by atoms with van der Waals surface area (Å²) in [7, 11) is 1.72. The van der Waals surface area contributed by atoms with E-state index in [0.717, 1.165) is 57.0 Å². The summed E-state index contributed by atoms with van der Waals surface area (Å²) in [5.74, 6) is 1.26. The van der Waals surface area contributed by atoms with E-state index in [1.807, 2.05) is 6.20 Å². The zero-order chi connectivity index (χ0) is 20.3. The van der Waals surface area contributed by atoms with Gasteiger partial charge in [-0.05, 0) is 61.9 Å². The number of benzene rings is 1. The van der Waals surface area contributed by atoms with Crippen molar-refractivity contribution < 1.29 is 9.53 Å². The van der Waals surface area contributed by atoms with Gasteiger partial charge < -0.3 is 14.6 Å². The Bertz CT molecular complexity index is 825. The highest BCUT2D eigenvalue weighted by molar-refractivity contribution is 5.77. The first-order valence-corrected chi connectivity index (χ1v) is 10.7. The van der Waals surface area contributed by atoms with Crippen molar-refractivity contribution in [1.82, 2.24) is 19.8 Å². The van der Waals surface area contributed by atoms with Crippen LogP contribution in [0.3, 0.4) is 0 Å². The molecule has 0 atom stereocenters. The highest BCUT2D eigenvalue weighted by Gasteiger charge is 2.40. The number of carbonyl (C=O) groups excluding carboxylic acids is 1. The third kappa shape index (κ3) is 4.64. The van der Waals surface area contributed by atoms with Gasteiger partial charge in [0.1, 0.15) is 5.75 Å². The number of nitrogens with zero attached hydrogens (tertiary/aromatic N) is 3. The van der Waals surface area contributed by atoms with Crippen molar-refractivity contribution in [2.24, 2.45) is 5.41 Å². The first-order valence-electron chi connectivity index (χ1n) is 10.7. The lowest BCUT2D eigenvalue weighted by Gasteiger charge is -2.47. The summed E-state index contributed by atoms with van der Waals surface area (Å²) in [4.78, 5) is 24.3. The molecule has 1 spiro atoms. The summed E-state index contributed by atoms with van der Waals surface area (Å²) in [5.41, 5.74) is 3.94. The van der Waals surface area contributed by atoms with Crippen molar-refractivity contribution in [2.75, 3.05) is 33.3 Å². The molecule has 1 aromatic heterocycles. The fourth-order valence-electron chi connectivity index (χ4n) is 4.87. The molecule has 0 bridgehead atoms. The highest BCUT2D eigenvalue weighted by atomic mass is 16.5. The lowest BCUT2D eigenvalue weighted by Crippen LogP contribution is -2.51. The van der Waals surface area contributed by atoms with Gasteiger partial charge in [0.05, 0.1) is 13.4 Å². The number of likely N-dealkylation sites (tertiary alicyclic amines) is 2. The van der Waals surface area contributed by atoms with Crippen molar-refractivity contribution in [1.29, 1.82) is 0 Å². The fourth-order valence-corrected chi connectivity index (χ4v) is 4.87. The molecular weight excluding hydrogens is 364 g/mol. The van der Waals surface area contributed by atoms with Crippen LogP contribution in [-0.2, 0) is 17.8 Å². The maximum Gasteiger partial charge on any atom is 0.222 e. The first-order chi connectivity index (χ1) is 14.1. The number of methoxy groups -OCH3 is 1. The summed E-state index contributed by atoms with van der Waals surface area (Å²) in [6.07, 6.45) is 8.50. The molecule has 4 rings (SSSR count). The Morgan fingerprint density at radius 3 is 2.76 bits per heavy atom. The molecule has 2 aliphatic heterocycles. The SMILES string of the molecule is COc1ccc(CN2CCC3(CCC(=O)N(CCc4cnc[nH]4)C3)CC2)cc1C. The van der Waals surface area contributed by atoms with Gasteiger partial charge in [0.2, 0.25) is 5.91 Å². The average molecular weight is 397 g/mol. The third-order valence-corrected chi connectivity index (χ3v) is 6.74. The van der Waals surface area contributed by atoms with Gasteiger partial charge in [-0.1, -0.05) is 12.1 Å². The van der Waals surface area contributed by atoms with Gasteiger partial charge >= 0.3 is 0 Å². The van der Waals surface area contributed by atoms with Crippen LogP contribution in [-0.4, -0.2) is 59.0 Å². The lowest BCUT2D eigenvalue weighted by molar-refractivity contribution is -0.139. The van der Waals surface area contributed by atoms with Crippen LogP contribution in [0.4, 0.5) is 0 Å². The van der Waals surface area contributed by atoms with E-state index in [0.29, 0.717) is 17.7 Å². The Morgan fingerprint density at radius 1 is 1.24 bits per heavy atom. The van der Waals surface area contributed by atoms with E-state index in [1.54, 1.807) is 13.4 Å². The van der Waals surface area contributed by atoms with Crippen LogP contribution in [0.15, 0.2) is 30.7 Å². The Labute approximate surface area is 173 Å². The van der Waals surface area contributed by atoms with Crippen LogP contribution >= 0.6 is 0 Å². The number of aryl methyl sites for hydroxylation is 1. The molecule has 1 aromatic carbocycles. The number of aromatic nitrogens is 2. The van der Waals surface area contributed by atoms with E-state index >= 15 is 0 Å². The van der Waals surface area contributed by atoms with Gasteiger partial charge in [-0.25, -0.2) is 4.98 Å². The molecule has 2 fully saturated rings. The number of imidazole rings is 1. The second-order valence-electron chi connectivity index (χ2n) is 8.72. The number of H-pyrrole nitrogens is 1. The highest BCUT2D eigenvalue weighted by Crippen LogP contribution is 2.40. The topological polar surface area (TPSA) is 61.5 Å². The van der Waals surface area contributed by atoms with Crippen molar-refractivity contribution in [3.63, 3.8) is 0 Å². The van der Waals surface area contributed by atoms with E-state index in [1.165, 1.54) is 24.0 Å². The van der Waals surface area contributed by atoms with E-state index < -0.39 is 0 Å². The van der Waals surface area contributed by atoms with E-state index in [9.17, 15) is 4.79 Å². The zero-order valence-corrected chi connectivity index (χ0v) is 17.6. The van der Waals surface area contributed by atoms with Crippen LogP contribution in [0.25, 0.3) is 0 Å². The van der Waals surface area contributed by atoms with Gasteiger partial charge in [0.15, 0.2) is 0 Å². The Morgan fingerprint density at radius 2 is 2.07 bits per heavy atom. The number of nitrogens with one attached hydrogen (secondary N) is 1. The van der Waals surface area contributed by atoms with Crippen LogP contribution in [0.2, 0.25) is 0 Å². The fraction of sp³-hybridized carbons (Fsp3) is 0.565. The monoisotopic (exact) mass is 396 g/mol. The zero-order valence-electron chi connectivity index (χ0n) is 17.6. The Balaban J connectivity index is 1.31. The molecule has 0 unspecified atom stereocenters. The maximum absolute atomic E-state index is 12.4. The largest absolute Gasteiger partial charge is 0.496 e. The molecule has 2 aliphatic rings. The van der Waals surface area contributed by atoms with Crippen LogP contribution < -0.4 is 4.74 Å². The Kier molecular flexibility index (Phi) is 5.90. The normalized spacial score (nSPS) is 19.7. The molecule has 1 N–H and O–H groups in total. The summed E-state index contributed by atoms with van der Waals surface area (Å²) in [6, 6.07) is 6.48. The molecule has 0 aliphatic carbocycles. The second kappa shape index (κ2) is 8.57. The van der Waals surface area contributed by atoms with E-state index in [2.05, 4.69) is 44.9 Å².